The quantitative estimate of drug-likeness (QED) is 0.298. The topological polar surface area (TPSA) is 77.6 Å². The van der Waals surface area contributed by atoms with Crippen LogP contribution in [-0.4, -0.2) is 16.8 Å². The first-order chi connectivity index (χ1) is 13.3. The zero-order valence-corrected chi connectivity index (χ0v) is 15.3. The predicted octanol–water partition coefficient (Wildman–Crippen LogP) is 4.61. The smallest absolute Gasteiger partial charge is 0.380 e. The molecule has 0 amide bonds. The standard InChI is InChI=1S/C19H14F3N3O2S/c1-11-15(28-17(24-11)13-5-3-2-4-6-13)18(26)27-25-16(23)12-7-9-14(10-8-12)19(20,21)22/h2-10H,1H3,(H2,23,25). The van der Waals surface area contributed by atoms with Crippen LogP contribution in [0, 0.1) is 6.92 Å². The minimum atomic E-state index is -4.45. The van der Waals surface area contributed by atoms with E-state index < -0.39 is 17.7 Å². The third-order valence-electron chi connectivity index (χ3n) is 3.74. The summed E-state index contributed by atoms with van der Waals surface area (Å²) in [6.07, 6.45) is -4.45. The number of nitrogens with two attached hydrogens (primary N) is 1. The number of carbonyl (C=O) groups excluding carboxylic acids is 1. The Morgan fingerprint density at radius 3 is 2.36 bits per heavy atom. The molecule has 0 saturated heterocycles. The maximum atomic E-state index is 12.6. The van der Waals surface area contributed by atoms with Crippen molar-refractivity contribution in [3.05, 3.63) is 76.3 Å². The van der Waals surface area contributed by atoms with Crippen LogP contribution in [0.1, 0.15) is 26.5 Å². The lowest BCUT2D eigenvalue weighted by Crippen LogP contribution is -2.16. The Labute approximate surface area is 162 Å². The molecule has 0 aliphatic carbocycles. The van der Waals surface area contributed by atoms with Crippen LogP contribution in [0.15, 0.2) is 59.8 Å². The second kappa shape index (κ2) is 7.81. The molecule has 0 aliphatic rings. The maximum absolute atomic E-state index is 12.6. The van der Waals surface area contributed by atoms with E-state index in [1.54, 1.807) is 6.92 Å². The van der Waals surface area contributed by atoms with E-state index in [9.17, 15) is 18.0 Å². The summed E-state index contributed by atoms with van der Waals surface area (Å²) < 4.78 is 37.8. The van der Waals surface area contributed by atoms with Crippen molar-refractivity contribution < 1.29 is 22.8 Å². The largest absolute Gasteiger partial charge is 0.416 e. The number of rotatable bonds is 4. The van der Waals surface area contributed by atoms with Gasteiger partial charge in [0.15, 0.2) is 5.84 Å². The molecule has 1 heterocycles. The fraction of sp³-hybridized carbons (Fsp3) is 0.105. The van der Waals surface area contributed by atoms with E-state index >= 15 is 0 Å². The third-order valence-corrected chi connectivity index (χ3v) is 4.92. The molecule has 2 N–H and O–H groups in total. The minimum absolute atomic E-state index is 0.201. The number of thiazole rings is 1. The molecule has 3 aromatic rings. The van der Waals surface area contributed by atoms with Crippen molar-refractivity contribution in [3.8, 4) is 10.6 Å². The number of aryl methyl sites for hydroxylation is 1. The van der Waals surface area contributed by atoms with Crippen LogP contribution in [0.2, 0.25) is 0 Å². The lowest BCUT2D eigenvalue weighted by atomic mass is 10.1. The Balaban J connectivity index is 1.73. The molecule has 0 saturated carbocycles. The molecule has 3 rings (SSSR count). The van der Waals surface area contributed by atoms with Gasteiger partial charge in [-0.05, 0) is 19.1 Å². The highest BCUT2D eigenvalue weighted by Gasteiger charge is 2.30. The molecule has 28 heavy (non-hydrogen) atoms. The van der Waals surface area contributed by atoms with E-state index in [-0.39, 0.29) is 16.3 Å². The first kappa shape index (κ1) is 19.6. The van der Waals surface area contributed by atoms with Crippen LogP contribution >= 0.6 is 11.3 Å². The highest BCUT2D eigenvalue weighted by atomic mass is 32.1. The molecule has 2 aromatic carbocycles. The molecule has 144 valence electrons. The first-order valence-electron chi connectivity index (χ1n) is 8.01. The van der Waals surface area contributed by atoms with E-state index in [0.717, 1.165) is 41.2 Å². The lowest BCUT2D eigenvalue weighted by molar-refractivity contribution is -0.137. The summed E-state index contributed by atoms with van der Waals surface area (Å²) in [6, 6.07) is 13.4. The third kappa shape index (κ3) is 4.37. The minimum Gasteiger partial charge on any atom is -0.380 e. The summed E-state index contributed by atoms with van der Waals surface area (Å²) >= 11 is 1.15. The van der Waals surface area contributed by atoms with Gasteiger partial charge in [0.05, 0.1) is 11.3 Å². The number of benzene rings is 2. The Morgan fingerprint density at radius 1 is 1.11 bits per heavy atom. The van der Waals surface area contributed by atoms with Crippen molar-refractivity contribution in [2.24, 2.45) is 10.9 Å². The van der Waals surface area contributed by atoms with Crippen LogP contribution < -0.4 is 5.73 Å². The Bertz CT molecular complexity index is 1010. The summed E-state index contributed by atoms with van der Waals surface area (Å²) in [7, 11) is 0. The van der Waals surface area contributed by atoms with E-state index in [2.05, 4.69) is 10.1 Å². The first-order valence-corrected chi connectivity index (χ1v) is 8.82. The average Bonchev–Trinajstić information content (AvgIpc) is 3.08. The van der Waals surface area contributed by atoms with Gasteiger partial charge in [-0.25, -0.2) is 9.78 Å². The van der Waals surface area contributed by atoms with Crippen LogP contribution in [-0.2, 0) is 11.0 Å². The van der Waals surface area contributed by atoms with Gasteiger partial charge in [0.2, 0.25) is 0 Å². The zero-order chi connectivity index (χ0) is 20.3. The lowest BCUT2D eigenvalue weighted by Gasteiger charge is -2.07. The molecule has 0 unspecified atom stereocenters. The molecule has 0 atom stereocenters. The van der Waals surface area contributed by atoms with Gasteiger partial charge >= 0.3 is 12.1 Å². The Kier molecular flexibility index (Phi) is 5.46. The number of carbonyl (C=O) groups is 1. The Hall–Kier alpha value is -3.20. The SMILES string of the molecule is Cc1nc(-c2ccccc2)sc1C(=O)ON=C(N)c1ccc(C(F)(F)F)cc1. The summed E-state index contributed by atoms with van der Waals surface area (Å²) in [5.74, 6) is -0.959. The van der Waals surface area contributed by atoms with E-state index in [0.29, 0.717) is 10.7 Å². The number of nitrogens with zero attached hydrogens (tertiary/aromatic N) is 2. The van der Waals surface area contributed by atoms with Crippen molar-refractivity contribution in [1.82, 2.24) is 4.98 Å². The summed E-state index contributed by atoms with van der Waals surface area (Å²) in [5.41, 5.74) is 6.43. The number of amidine groups is 1. The average molecular weight is 405 g/mol. The Morgan fingerprint density at radius 2 is 1.75 bits per heavy atom. The maximum Gasteiger partial charge on any atom is 0.416 e. The molecule has 0 spiro atoms. The number of oxime groups is 1. The van der Waals surface area contributed by atoms with Crippen LogP contribution in [0.25, 0.3) is 10.6 Å². The van der Waals surface area contributed by atoms with Gasteiger partial charge in [-0.3, -0.25) is 0 Å². The molecule has 1 aromatic heterocycles. The number of halogens is 3. The van der Waals surface area contributed by atoms with Gasteiger partial charge < -0.3 is 10.6 Å². The highest BCUT2D eigenvalue weighted by Crippen LogP contribution is 2.29. The molecule has 0 fully saturated rings. The molecule has 0 bridgehead atoms. The molecule has 9 heteroatoms. The molecular formula is C19H14F3N3O2S. The number of aromatic nitrogens is 1. The van der Waals surface area contributed by atoms with Crippen molar-refractivity contribution in [2.75, 3.05) is 0 Å². The molecular weight excluding hydrogens is 391 g/mol. The van der Waals surface area contributed by atoms with Crippen molar-refractivity contribution in [2.45, 2.75) is 13.1 Å². The fourth-order valence-corrected chi connectivity index (χ4v) is 3.25. The van der Waals surface area contributed by atoms with E-state index in [1.165, 1.54) is 0 Å². The number of hydrogen-bond donors (Lipinski definition) is 1. The summed E-state index contributed by atoms with van der Waals surface area (Å²) in [5, 5.41) is 4.19. The van der Waals surface area contributed by atoms with Crippen LogP contribution in [0.5, 0.6) is 0 Å². The van der Waals surface area contributed by atoms with Crippen molar-refractivity contribution in [1.29, 1.82) is 0 Å². The normalized spacial score (nSPS) is 12.1. The molecule has 5 nitrogen and oxygen atoms in total. The fourth-order valence-electron chi connectivity index (χ4n) is 2.30. The van der Waals surface area contributed by atoms with Gasteiger partial charge in [0.1, 0.15) is 9.88 Å². The summed E-state index contributed by atoms with van der Waals surface area (Å²) in [4.78, 5) is 21.7. The summed E-state index contributed by atoms with van der Waals surface area (Å²) in [6.45, 7) is 1.67. The number of hydrogen-bond acceptors (Lipinski definition) is 5. The van der Waals surface area contributed by atoms with Crippen molar-refractivity contribution >= 4 is 23.1 Å². The molecule has 0 aliphatic heterocycles. The van der Waals surface area contributed by atoms with Gasteiger partial charge in [0.25, 0.3) is 0 Å². The van der Waals surface area contributed by atoms with Gasteiger partial charge in [-0.15, -0.1) is 11.3 Å². The monoisotopic (exact) mass is 405 g/mol. The highest BCUT2D eigenvalue weighted by molar-refractivity contribution is 7.17. The predicted molar refractivity (Wildman–Crippen MR) is 99.9 cm³/mol. The van der Waals surface area contributed by atoms with Gasteiger partial charge in [-0.1, -0.05) is 47.6 Å². The van der Waals surface area contributed by atoms with Gasteiger partial charge in [-0.2, -0.15) is 13.2 Å². The van der Waals surface area contributed by atoms with E-state index in [4.69, 9.17) is 10.6 Å². The second-order valence-corrected chi connectivity index (χ2v) is 6.73. The molecule has 0 radical (unpaired) electrons. The number of alkyl halides is 3. The van der Waals surface area contributed by atoms with Crippen LogP contribution in [0.4, 0.5) is 13.2 Å². The second-order valence-electron chi connectivity index (χ2n) is 5.73. The zero-order valence-electron chi connectivity index (χ0n) is 14.5. The van der Waals surface area contributed by atoms with Gasteiger partial charge in [0, 0.05) is 11.1 Å². The van der Waals surface area contributed by atoms with Crippen molar-refractivity contribution in [3.63, 3.8) is 0 Å². The van der Waals surface area contributed by atoms with E-state index in [1.807, 2.05) is 30.3 Å². The van der Waals surface area contributed by atoms with Crippen LogP contribution in [0.3, 0.4) is 0 Å².